The van der Waals surface area contributed by atoms with Gasteiger partial charge in [-0.05, 0) is 44.2 Å². The van der Waals surface area contributed by atoms with E-state index >= 15 is 0 Å². The van der Waals surface area contributed by atoms with Crippen LogP contribution in [0, 0.1) is 13.8 Å². The number of amides is 1. The monoisotopic (exact) mass is 413 g/mol. The minimum atomic E-state index is 0.193. The van der Waals surface area contributed by atoms with Crippen LogP contribution in [0.5, 0.6) is 0 Å². The number of aryl methyl sites for hydroxylation is 1. The largest absolute Gasteiger partial charge is 0.345 e. The summed E-state index contributed by atoms with van der Waals surface area (Å²) >= 11 is 1.63. The molecule has 29 heavy (non-hydrogen) atoms. The molecule has 2 aromatic heterocycles. The standard InChI is InChI=1S/C23H31N3O2S/c1-17-14-21(18(2)26(17)19-6-3-4-7-19)22(27)16-24-9-11-25(12-10-24)23(28)15-20-8-5-13-29-20/h5,8,13-14,19H,3-4,6-7,9-12,15-16H2,1-2H3. The Balaban J connectivity index is 1.32. The van der Waals surface area contributed by atoms with Crippen molar-refractivity contribution in [2.24, 2.45) is 0 Å². The number of carbonyl (C=O) groups is 2. The summed E-state index contributed by atoms with van der Waals surface area (Å²) in [4.78, 5) is 30.7. The molecule has 2 aliphatic rings. The number of piperazine rings is 1. The summed E-state index contributed by atoms with van der Waals surface area (Å²) in [6, 6.07) is 6.64. The van der Waals surface area contributed by atoms with Crippen molar-refractivity contribution in [3.05, 3.63) is 45.4 Å². The number of hydrogen-bond donors (Lipinski definition) is 0. The fraction of sp³-hybridized carbons (Fsp3) is 0.565. The van der Waals surface area contributed by atoms with Gasteiger partial charge in [0.1, 0.15) is 0 Å². The molecule has 156 valence electrons. The summed E-state index contributed by atoms with van der Waals surface area (Å²) in [5.74, 6) is 0.402. The van der Waals surface area contributed by atoms with Gasteiger partial charge in [-0.3, -0.25) is 14.5 Å². The topological polar surface area (TPSA) is 45.6 Å². The van der Waals surface area contributed by atoms with E-state index in [0.717, 1.165) is 29.2 Å². The Labute approximate surface area is 177 Å². The Hall–Kier alpha value is -1.92. The van der Waals surface area contributed by atoms with Crippen LogP contribution in [0.3, 0.4) is 0 Å². The second-order valence-electron chi connectivity index (χ2n) is 8.43. The minimum absolute atomic E-state index is 0.193. The highest BCUT2D eigenvalue weighted by Gasteiger charge is 2.26. The van der Waals surface area contributed by atoms with Gasteiger partial charge in [-0.15, -0.1) is 11.3 Å². The Morgan fingerprint density at radius 2 is 1.83 bits per heavy atom. The average molecular weight is 414 g/mol. The summed E-state index contributed by atoms with van der Waals surface area (Å²) in [6.45, 7) is 7.62. The van der Waals surface area contributed by atoms with Gasteiger partial charge in [0.15, 0.2) is 5.78 Å². The maximum absolute atomic E-state index is 13.0. The lowest BCUT2D eigenvalue weighted by molar-refractivity contribution is -0.132. The molecule has 6 heteroatoms. The third-order valence-electron chi connectivity index (χ3n) is 6.47. The van der Waals surface area contributed by atoms with Gasteiger partial charge in [-0.1, -0.05) is 18.9 Å². The van der Waals surface area contributed by atoms with E-state index in [9.17, 15) is 9.59 Å². The quantitative estimate of drug-likeness (QED) is 0.676. The average Bonchev–Trinajstić information content (AvgIpc) is 3.45. The fourth-order valence-corrected chi connectivity index (χ4v) is 5.60. The lowest BCUT2D eigenvalue weighted by Gasteiger charge is -2.34. The number of thiophene rings is 1. The number of rotatable bonds is 6. The zero-order valence-electron chi connectivity index (χ0n) is 17.5. The smallest absolute Gasteiger partial charge is 0.227 e. The van der Waals surface area contributed by atoms with E-state index in [1.54, 1.807) is 11.3 Å². The molecule has 1 aliphatic heterocycles. The molecule has 0 N–H and O–H groups in total. The van der Waals surface area contributed by atoms with Crippen molar-refractivity contribution in [2.75, 3.05) is 32.7 Å². The van der Waals surface area contributed by atoms with E-state index in [1.165, 1.54) is 31.4 Å². The van der Waals surface area contributed by atoms with Crippen molar-refractivity contribution >= 4 is 23.0 Å². The first kappa shape index (κ1) is 20.4. The Morgan fingerprint density at radius 1 is 1.10 bits per heavy atom. The molecule has 5 nitrogen and oxygen atoms in total. The molecule has 0 spiro atoms. The Bertz CT molecular complexity index is 857. The van der Waals surface area contributed by atoms with E-state index in [-0.39, 0.29) is 11.7 Å². The first-order chi connectivity index (χ1) is 14.0. The maximum Gasteiger partial charge on any atom is 0.227 e. The number of aromatic nitrogens is 1. The summed E-state index contributed by atoms with van der Waals surface area (Å²) < 4.78 is 2.39. The van der Waals surface area contributed by atoms with Gasteiger partial charge >= 0.3 is 0 Å². The second kappa shape index (κ2) is 8.84. The van der Waals surface area contributed by atoms with Gasteiger partial charge in [0.05, 0.1) is 13.0 Å². The normalized spacial score (nSPS) is 18.5. The third kappa shape index (κ3) is 4.48. The molecule has 2 fully saturated rings. The summed E-state index contributed by atoms with van der Waals surface area (Å²) in [5.41, 5.74) is 3.22. The Kier molecular flexibility index (Phi) is 6.20. The SMILES string of the molecule is Cc1cc(C(=O)CN2CCN(C(=O)Cc3cccs3)CC2)c(C)n1C1CCCC1. The molecule has 0 bridgehead atoms. The summed E-state index contributed by atoms with van der Waals surface area (Å²) in [5, 5.41) is 2.01. The van der Waals surface area contributed by atoms with Crippen LogP contribution in [0.25, 0.3) is 0 Å². The fourth-order valence-electron chi connectivity index (χ4n) is 4.90. The lowest BCUT2D eigenvalue weighted by atomic mass is 10.1. The van der Waals surface area contributed by atoms with Crippen LogP contribution >= 0.6 is 11.3 Å². The van der Waals surface area contributed by atoms with Crippen LogP contribution in [0.2, 0.25) is 0 Å². The predicted molar refractivity (Wildman–Crippen MR) is 117 cm³/mol. The molecule has 0 radical (unpaired) electrons. The molecule has 1 saturated heterocycles. The van der Waals surface area contributed by atoms with E-state index in [2.05, 4.69) is 29.4 Å². The highest BCUT2D eigenvalue weighted by Crippen LogP contribution is 2.33. The number of hydrogen-bond acceptors (Lipinski definition) is 4. The number of ketones is 1. The molecule has 1 amide bonds. The van der Waals surface area contributed by atoms with Crippen LogP contribution in [0.1, 0.15) is 58.3 Å². The highest BCUT2D eigenvalue weighted by atomic mass is 32.1. The van der Waals surface area contributed by atoms with E-state index in [0.29, 0.717) is 32.1 Å². The number of nitrogens with zero attached hydrogens (tertiary/aromatic N) is 3. The van der Waals surface area contributed by atoms with E-state index in [4.69, 9.17) is 0 Å². The van der Waals surface area contributed by atoms with Gasteiger partial charge in [0.25, 0.3) is 0 Å². The highest BCUT2D eigenvalue weighted by molar-refractivity contribution is 7.10. The van der Waals surface area contributed by atoms with Crippen molar-refractivity contribution in [1.82, 2.24) is 14.4 Å². The molecule has 2 aromatic rings. The number of carbonyl (C=O) groups excluding carboxylic acids is 2. The predicted octanol–water partition coefficient (Wildman–Crippen LogP) is 3.85. The first-order valence-corrected chi connectivity index (χ1v) is 11.6. The molecular weight excluding hydrogens is 382 g/mol. The molecular formula is C23H31N3O2S. The van der Waals surface area contributed by atoms with Crippen molar-refractivity contribution in [3.8, 4) is 0 Å². The number of Topliss-reactive ketones (excluding diaryl/α,β-unsaturated/α-hetero) is 1. The molecule has 0 aromatic carbocycles. The minimum Gasteiger partial charge on any atom is -0.345 e. The van der Waals surface area contributed by atoms with Crippen molar-refractivity contribution in [1.29, 1.82) is 0 Å². The Morgan fingerprint density at radius 3 is 2.48 bits per heavy atom. The lowest BCUT2D eigenvalue weighted by Crippen LogP contribution is -2.50. The van der Waals surface area contributed by atoms with Crippen molar-refractivity contribution < 1.29 is 9.59 Å². The third-order valence-corrected chi connectivity index (χ3v) is 7.35. The zero-order valence-corrected chi connectivity index (χ0v) is 18.3. The second-order valence-corrected chi connectivity index (χ2v) is 9.46. The van der Waals surface area contributed by atoms with Crippen LogP contribution in [0.4, 0.5) is 0 Å². The van der Waals surface area contributed by atoms with Crippen LogP contribution in [0.15, 0.2) is 23.6 Å². The molecule has 1 aliphatic carbocycles. The van der Waals surface area contributed by atoms with Gasteiger partial charge in [-0.25, -0.2) is 0 Å². The van der Waals surface area contributed by atoms with Gasteiger partial charge in [0.2, 0.25) is 5.91 Å². The molecule has 0 unspecified atom stereocenters. The summed E-state index contributed by atoms with van der Waals surface area (Å²) in [6.07, 6.45) is 5.53. The van der Waals surface area contributed by atoms with Gasteiger partial charge in [0, 0.05) is 54.0 Å². The van der Waals surface area contributed by atoms with Gasteiger partial charge in [-0.2, -0.15) is 0 Å². The van der Waals surface area contributed by atoms with E-state index in [1.807, 2.05) is 22.4 Å². The maximum atomic E-state index is 13.0. The van der Waals surface area contributed by atoms with Gasteiger partial charge < -0.3 is 9.47 Å². The van der Waals surface area contributed by atoms with Crippen LogP contribution < -0.4 is 0 Å². The molecule has 0 atom stereocenters. The molecule has 4 rings (SSSR count). The molecule has 1 saturated carbocycles. The summed E-state index contributed by atoms with van der Waals surface area (Å²) in [7, 11) is 0. The van der Waals surface area contributed by atoms with Crippen molar-refractivity contribution in [3.63, 3.8) is 0 Å². The zero-order chi connectivity index (χ0) is 20.4. The first-order valence-electron chi connectivity index (χ1n) is 10.8. The molecule has 3 heterocycles. The van der Waals surface area contributed by atoms with Crippen LogP contribution in [-0.4, -0.2) is 58.8 Å². The van der Waals surface area contributed by atoms with Crippen molar-refractivity contribution in [2.45, 2.75) is 52.0 Å². The van der Waals surface area contributed by atoms with E-state index < -0.39 is 0 Å². The van der Waals surface area contributed by atoms with Crippen LogP contribution in [-0.2, 0) is 11.2 Å².